The molecule has 3 rings (SSSR count). The Labute approximate surface area is 163 Å². The number of carbonyl (C=O) groups is 2. The quantitative estimate of drug-likeness (QED) is 0.643. The Morgan fingerprint density at radius 2 is 1.75 bits per heavy atom. The second kappa shape index (κ2) is 8.35. The van der Waals surface area contributed by atoms with Crippen LogP contribution in [0.1, 0.15) is 32.0 Å². The Kier molecular flexibility index (Phi) is 5.69. The molecule has 0 fully saturated rings. The van der Waals surface area contributed by atoms with Gasteiger partial charge in [-0.3, -0.25) is 4.79 Å². The highest BCUT2D eigenvalue weighted by molar-refractivity contribution is 6.03. The number of benzene rings is 2. The van der Waals surface area contributed by atoms with Crippen molar-refractivity contribution in [2.45, 2.75) is 13.8 Å². The Bertz CT molecular complexity index is 1010. The maximum Gasteiger partial charge on any atom is 0.339 e. The fourth-order valence-electron chi connectivity index (χ4n) is 2.69. The van der Waals surface area contributed by atoms with Gasteiger partial charge in [0.25, 0.3) is 5.91 Å². The molecule has 0 bridgehead atoms. The summed E-state index contributed by atoms with van der Waals surface area (Å²) in [6.07, 6.45) is 1.55. The van der Waals surface area contributed by atoms with Crippen molar-refractivity contribution in [2.24, 2.45) is 0 Å². The van der Waals surface area contributed by atoms with E-state index in [1.165, 1.54) is 7.11 Å². The molecule has 2 N–H and O–H groups in total. The number of hydrogen-bond acceptors (Lipinski definition) is 5. The number of anilines is 3. The average molecular weight is 375 g/mol. The number of aryl methyl sites for hydroxylation is 2. The van der Waals surface area contributed by atoms with E-state index in [-0.39, 0.29) is 5.91 Å². The smallest absolute Gasteiger partial charge is 0.339 e. The topological polar surface area (TPSA) is 80.3 Å². The van der Waals surface area contributed by atoms with Crippen LogP contribution >= 0.6 is 0 Å². The third-order valence-electron chi connectivity index (χ3n) is 4.25. The maximum atomic E-state index is 12.5. The highest BCUT2D eigenvalue weighted by atomic mass is 16.5. The number of aromatic nitrogens is 1. The molecule has 1 heterocycles. The monoisotopic (exact) mass is 375 g/mol. The Hall–Kier alpha value is -3.67. The lowest BCUT2D eigenvalue weighted by atomic mass is 10.1. The molecule has 1 amide bonds. The van der Waals surface area contributed by atoms with Crippen LogP contribution in [-0.4, -0.2) is 24.0 Å². The molecule has 0 radical (unpaired) electrons. The van der Waals surface area contributed by atoms with Gasteiger partial charge in [0.05, 0.1) is 30.2 Å². The molecule has 0 saturated heterocycles. The fraction of sp³-hybridized carbons (Fsp3) is 0.136. The molecule has 142 valence electrons. The van der Waals surface area contributed by atoms with E-state index in [9.17, 15) is 9.59 Å². The Balaban J connectivity index is 1.74. The summed E-state index contributed by atoms with van der Waals surface area (Å²) in [7, 11) is 1.34. The minimum Gasteiger partial charge on any atom is -0.465 e. The molecule has 0 aliphatic rings. The number of nitrogens with zero attached hydrogens (tertiary/aromatic N) is 1. The number of nitrogens with one attached hydrogen (secondary N) is 2. The molecular formula is C22H21N3O3. The molecule has 0 aliphatic heterocycles. The molecular weight excluding hydrogens is 354 g/mol. The van der Waals surface area contributed by atoms with Crippen LogP contribution in [0.3, 0.4) is 0 Å². The largest absolute Gasteiger partial charge is 0.465 e. The fourth-order valence-corrected chi connectivity index (χ4v) is 2.69. The molecule has 2 aromatic carbocycles. The van der Waals surface area contributed by atoms with Crippen LogP contribution in [0.15, 0.2) is 60.8 Å². The normalized spacial score (nSPS) is 10.2. The molecule has 0 aliphatic carbocycles. The summed E-state index contributed by atoms with van der Waals surface area (Å²) in [6.45, 7) is 3.91. The van der Waals surface area contributed by atoms with Gasteiger partial charge in [-0.15, -0.1) is 0 Å². The van der Waals surface area contributed by atoms with E-state index in [2.05, 4.69) is 15.6 Å². The first-order valence-electron chi connectivity index (χ1n) is 8.77. The first-order valence-corrected chi connectivity index (χ1v) is 8.77. The van der Waals surface area contributed by atoms with E-state index >= 15 is 0 Å². The molecule has 0 unspecified atom stereocenters. The van der Waals surface area contributed by atoms with Crippen molar-refractivity contribution in [1.29, 1.82) is 0 Å². The average Bonchev–Trinajstić information content (AvgIpc) is 2.71. The predicted octanol–water partition coefficient (Wildman–Crippen LogP) is 4.48. The van der Waals surface area contributed by atoms with Gasteiger partial charge in [-0.25, -0.2) is 9.78 Å². The second-order valence-electron chi connectivity index (χ2n) is 6.37. The van der Waals surface area contributed by atoms with E-state index in [1.54, 1.807) is 36.5 Å². The standard InChI is InChI=1S/C22H21N3O3/c1-14-8-9-15(2)20(12-14)25-21(26)19-11-10-16(13-23-19)24-18-7-5-4-6-17(18)22(27)28-3/h4-13,24H,1-3H3,(H,25,26). The van der Waals surface area contributed by atoms with Gasteiger partial charge in [-0.1, -0.05) is 24.3 Å². The lowest BCUT2D eigenvalue weighted by Gasteiger charge is -2.11. The van der Waals surface area contributed by atoms with Crippen molar-refractivity contribution >= 4 is 28.9 Å². The number of ether oxygens (including phenoxy) is 1. The van der Waals surface area contributed by atoms with Crippen molar-refractivity contribution in [3.63, 3.8) is 0 Å². The van der Waals surface area contributed by atoms with E-state index in [0.29, 0.717) is 22.6 Å². The van der Waals surface area contributed by atoms with Crippen molar-refractivity contribution < 1.29 is 14.3 Å². The zero-order valence-electron chi connectivity index (χ0n) is 15.9. The van der Waals surface area contributed by atoms with Crippen LogP contribution < -0.4 is 10.6 Å². The highest BCUT2D eigenvalue weighted by Gasteiger charge is 2.12. The van der Waals surface area contributed by atoms with Gasteiger partial charge < -0.3 is 15.4 Å². The number of hydrogen-bond donors (Lipinski definition) is 2. The van der Waals surface area contributed by atoms with Crippen molar-refractivity contribution in [1.82, 2.24) is 4.98 Å². The molecule has 28 heavy (non-hydrogen) atoms. The number of pyridine rings is 1. The van der Waals surface area contributed by atoms with Gasteiger partial charge in [0.15, 0.2) is 0 Å². The van der Waals surface area contributed by atoms with Gasteiger partial charge in [0, 0.05) is 5.69 Å². The lowest BCUT2D eigenvalue weighted by molar-refractivity contribution is 0.0601. The second-order valence-corrected chi connectivity index (χ2v) is 6.37. The van der Waals surface area contributed by atoms with Gasteiger partial charge >= 0.3 is 5.97 Å². The Morgan fingerprint density at radius 3 is 2.46 bits per heavy atom. The van der Waals surface area contributed by atoms with Gasteiger partial charge in [0.2, 0.25) is 0 Å². The third kappa shape index (κ3) is 4.35. The first kappa shape index (κ1) is 19.1. The van der Waals surface area contributed by atoms with Gasteiger partial charge in [-0.2, -0.15) is 0 Å². The number of rotatable bonds is 5. The van der Waals surface area contributed by atoms with Gasteiger partial charge in [0.1, 0.15) is 5.69 Å². The summed E-state index contributed by atoms with van der Waals surface area (Å²) in [5.41, 5.74) is 4.79. The predicted molar refractivity (Wildman–Crippen MR) is 109 cm³/mol. The number of esters is 1. The summed E-state index contributed by atoms with van der Waals surface area (Å²) in [5.74, 6) is -0.712. The molecule has 0 atom stereocenters. The molecule has 6 nitrogen and oxygen atoms in total. The molecule has 0 spiro atoms. The number of carbonyl (C=O) groups excluding carboxylic acids is 2. The van der Waals surface area contributed by atoms with E-state index in [4.69, 9.17) is 4.74 Å². The summed E-state index contributed by atoms with van der Waals surface area (Å²) < 4.78 is 4.79. The lowest BCUT2D eigenvalue weighted by Crippen LogP contribution is -2.14. The summed E-state index contributed by atoms with van der Waals surface area (Å²) in [5, 5.41) is 6.01. The van der Waals surface area contributed by atoms with Crippen LogP contribution in [0.25, 0.3) is 0 Å². The summed E-state index contributed by atoms with van der Waals surface area (Å²) >= 11 is 0. The van der Waals surface area contributed by atoms with Crippen molar-refractivity contribution in [3.05, 3.63) is 83.2 Å². The minimum atomic E-state index is -0.430. The van der Waals surface area contributed by atoms with Crippen LogP contribution in [-0.2, 0) is 4.74 Å². The molecule has 3 aromatic rings. The summed E-state index contributed by atoms with van der Waals surface area (Å²) in [6, 6.07) is 16.3. The maximum absolute atomic E-state index is 12.5. The van der Waals surface area contributed by atoms with Crippen molar-refractivity contribution in [3.8, 4) is 0 Å². The van der Waals surface area contributed by atoms with Crippen LogP contribution in [0.5, 0.6) is 0 Å². The van der Waals surface area contributed by atoms with E-state index in [1.807, 2.05) is 38.1 Å². The molecule has 6 heteroatoms. The van der Waals surface area contributed by atoms with Gasteiger partial charge in [-0.05, 0) is 55.3 Å². The number of methoxy groups -OCH3 is 1. The zero-order chi connectivity index (χ0) is 20.1. The zero-order valence-corrected chi connectivity index (χ0v) is 15.9. The van der Waals surface area contributed by atoms with Crippen molar-refractivity contribution in [2.75, 3.05) is 17.7 Å². The molecule has 1 aromatic heterocycles. The highest BCUT2D eigenvalue weighted by Crippen LogP contribution is 2.22. The number of para-hydroxylation sites is 1. The van der Waals surface area contributed by atoms with Crippen LogP contribution in [0, 0.1) is 13.8 Å². The third-order valence-corrected chi connectivity index (χ3v) is 4.25. The van der Waals surface area contributed by atoms with Crippen LogP contribution in [0.4, 0.5) is 17.1 Å². The van der Waals surface area contributed by atoms with Crippen LogP contribution in [0.2, 0.25) is 0 Å². The Morgan fingerprint density at radius 1 is 0.964 bits per heavy atom. The first-order chi connectivity index (χ1) is 13.5. The molecule has 0 saturated carbocycles. The SMILES string of the molecule is COC(=O)c1ccccc1Nc1ccc(C(=O)Nc2cc(C)ccc2C)nc1. The number of amides is 1. The van der Waals surface area contributed by atoms with E-state index < -0.39 is 5.97 Å². The summed E-state index contributed by atoms with van der Waals surface area (Å²) in [4.78, 5) is 28.6. The van der Waals surface area contributed by atoms with E-state index in [0.717, 1.165) is 16.8 Å². The minimum absolute atomic E-state index is 0.282.